The second-order valence-corrected chi connectivity index (χ2v) is 8.08. The molecule has 0 radical (unpaired) electrons. The molecule has 0 unspecified atom stereocenters. The summed E-state index contributed by atoms with van der Waals surface area (Å²) in [7, 11) is 1.52. The Morgan fingerprint density at radius 2 is 2.24 bits per heavy atom. The van der Waals surface area contributed by atoms with E-state index in [9.17, 15) is 4.79 Å². The Bertz CT molecular complexity index is 451. The number of rotatable bonds is 6. The Morgan fingerprint density at radius 3 is 2.81 bits per heavy atom. The molecule has 0 atom stereocenters. The number of amides is 1. The van der Waals surface area contributed by atoms with E-state index in [2.05, 4.69) is 48.8 Å². The second-order valence-electron chi connectivity index (χ2n) is 5.88. The third kappa shape index (κ3) is 8.78. The van der Waals surface area contributed by atoms with Gasteiger partial charge in [-0.1, -0.05) is 32.0 Å². The number of thiophene rings is 1. The zero-order valence-corrected chi connectivity index (χ0v) is 14.8. The molecule has 1 amide bonds. The van der Waals surface area contributed by atoms with Crippen LogP contribution in [0.4, 0.5) is 4.79 Å². The van der Waals surface area contributed by atoms with Crippen LogP contribution in [0.3, 0.4) is 0 Å². The van der Waals surface area contributed by atoms with Crippen LogP contribution in [0.1, 0.15) is 38.5 Å². The van der Waals surface area contributed by atoms with Gasteiger partial charge in [0, 0.05) is 18.3 Å². The third-order valence-corrected chi connectivity index (χ3v) is 4.51. The molecular weight excluding hydrogens is 304 g/mol. The minimum absolute atomic E-state index is 0.117. The summed E-state index contributed by atoms with van der Waals surface area (Å²) in [5.41, 5.74) is 0.117. The van der Waals surface area contributed by atoms with E-state index in [4.69, 9.17) is 4.84 Å². The monoisotopic (exact) mass is 328 g/mol. The average Bonchev–Trinajstić information content (AvgIpc) is 2.91. The number of aryl methyl sites for hydroxylation is 1. The standard InChI is InChI=1S/C15H24N2O2S2/c1-15(2,3)11-13(17-19-14(18)16-4)21-10-6-8-12-7-5-9-20-12/h5,7,9H,6,8,10-11H2,1-4H3,(H,16,18). The van der Waals surface area contributed by atoms with Crippen LogP contribution in [0.15, 0.2) is 22.7 Å². The summed E-state index contributed by atoms with van der Waals surface area (Å²) in [4.78, 5) is 17.3. The topological polar surface area (TPSA) is 50.7 Å². The largest absolute Gasteiger partial charge is 0.433 e. The van der Waals surface area contributed by atoms with Crippen molar-refractivity contribution < 1.29 is 9.63 Å². The summed E-state index contributed by atoms with van der Waals surface area (Å²) in [6, 6.07) is 4.24. The van der Waals surface area contributed by atoms with Gasteiger partial charge in [-0.2, -0.15) is 0 Å². The van der Waals surface area contributed by atoms with Crippen LogP contribution in [-0.4, -0.2) is 23.9 Å². The first-order valence-corrected chi connectivity index (χ1v) is 8.88. The van der Waals surface area contributed by atoms with Crippen molar-refractivity contribution in [3.63, 3.8) is 0 Å². The highest BCUT2D eigenvalue weighted by Gasteiger charge is 2.16. The van der Waals surface area contributed by atoms with E-state index in [1.807, 2.05) is 0 Å². The smallest absolute Gasteiger partial charge is 0.323 e. The minimum Gasteiger partial charge on any atom is -0.323 e. The van der Waals surface area contributed by atoms with E-state index in [1.54, 1.807) is 23.1 Å². The molecule has 1 aromatic rings. The van der Waals surface area contributed by atoms with Crippen molar-refractivity contribution >= 4 is 34.2 Å². The summed E-state index contributed by atoms with van der Waals surface area (Å²) < 4.78 is 0. The van der Waals surface area contributed by atoms with Gasteiger partial charge in [-0.05, 0) is 35.5 Å². The van der Waals surface area contributed by atoms with E-state index < -0.39 is 6.09 Å². The van der Waals surface area contributed by atoms with E-state index in [1.165, 1.54) is 11.9 Å². The van der Waals surface area contributed by atoms with Crippen molar-refractivity contribution in [2.45, 2.75) is 40.0 Å². The van der Waals surface area contributed by atoms with Crippen LogP contribution >= 0.6 is 23.1 Å². The van der Waals surface area contributed by atoms with Gasteiger partial charge in [-0.3, -0.25) is 4.84 Å². The number of nitrogens with zero attached hydrogens (tertiary/aromatic N) is 1. The predicted octanol–water partition coefficient (Wildman–Crippen LogP) is 4.52. The summed E-state index contributed by atoms with van der Waals surface area (Å²) in [6.07, 6.45) is 2.45. The molecule has 118 valence electrons. The van der Waals surface area contributed by atoms with E-state index in [0.717, 1.165) is 30.1 Å². The van der Waals surface area contributed by atoms with Gasteiger partial charge in [0.1, 0.15) is 5.04 Å². The Balaban J connectivity index is 2.42. The molecule has 6 heteroatoms. The molecule has 0 aromatic carbocycles. The number of oxime groups is 1. The quantitative estimate of drug-likeness (QED) is 0.275. The number of thioether (sulfide) groups is 1. The molecule has 0 aliphatic rings. The zero-order chi connectivity index (χ0) is 15.7. The fourth-order valence-electron chi connectivity index (χ4n) is 1.59. The third-order valence-electron chi connectivity index (χ3n) is 2.53. The summed E-state index contributed by atoms with van der Waals surface area (Å²) in [6.45, 7) is 6.44. The summed E-state index contributed by atoms with van der Waals surface area (Å²) in [5, 5.41) is 9.35. The molecule has 0 aliphatic carbocycles. The van der Waals surface area contributed by atoms with Crippen molar-refractivity contribution in [1.82, 2.24) is 5.32 Å². The lowest BCUT2D eigenvalue weighted by molar-refractivity contribution is 0.153. The molecule has 1 aromatic heterocycles. The summed E-state index contributed by atoms with van der Waals surface area (Å²) >= 11 is 3.46. The highest BCUT2D eigenvalue weighted by Crippen LogP contribution is 2.25. The zero-order valence-electron chi connectivity index (χ0n) is 13.1. The molecule has 21 heavy (non-hydrogen) atoms. The van der Waals surface area contributed by atoms with Gasteiger partial charge in [0.15, 0.2) is 0 Å². The molecule has 1 heterocycles. The van der Waals surface area contributed by atoms with Crippen molar-refractivity contribution in [2.75, 3.05) is 12.8 Å². The Hall–Kier alpha value is -1.01. The van der Waals surface area contributed by atoms with E-state index in [-0.39, 0.29) is 5.41 Å². The normalized spacial score (nSPS) is 12.3. The molecule has 0 bridgehead atoms. The highest BCUT2D eigenvalue weighted by molar-refractivity contribution is 8.13. The lowest BCUT2D eigenvalue weighted by atomic mass is 9.93. The van der Waals surface area contributed by atoms with Crippen LogP contribution in [0.5, 0.6) is 0 Å². The van der Waals surface area contributed by atoms with Crippen molar-refractivity contribution in [2.24, 2.45) is 10.6 Å². The Kier molecular flexibility index (Phi) is 7.82. The number of hydrogen-bond donors (Lipinski definition) is 1. The fourth-order valence-corrected chi connectivity index (χ4v) is 3.49. The highest BCUT2D eigenvalue weighted by atomic mass is 32.2. The average molecular weight is 329 g/mol. The molecule has 0 saturated carbocycles. The van der Waals surface area contributed by atoms with Crippen molar-refractivity contribution in [3.8, 4) is 0 Å². The first-order chi connectivity index (χ1) is 9.90. The van der Waals surface area contributed by atoms with Crippen molar-refractivity contribution in [3.05, 3.63) is 22.4 Å². The van der Waals surface area contributed by atoms with Crippen LogP contribution in [0.2, 0.25) is 0 Å². The molecule has 1 rings (SSSR count). The van der Waals surface area contributed by atoms with Gasteiger partial charge in [-0.15, -0.1) is 23.1 Å². The molecule has 0 spiro atoms. The van der Waals surface area contributed by atoms with Gasteiger partial charge in [-0.25, -0.2) is 4.79 Å². The van der Waals surface area contributed by atoms with Gasteiger partial charge >= 0.3 is 6.09 Å². The van der Waals surface area contributed by atoms with Gasteiger partial charge in [0.2, 0.25) is 0 Å². The Morgan fingerprint density at radius 1 is 1.48 bits per heavy atom. The van der Waals surface area contributed by atoms with Crippen molar-refractivity contribution in [1.29, 1.82) is 0 Å². The maximum absolute atomic E-state index is 11.1. The van der Waals surface area contributed by atoms with E-state index >= 15 is 0 Å². The van der Waals surface area contributed by atoms with Gasteiger partial charge < -0.3 is 5.32 Å². The maximum Gasteiger partial charge on any atom is 0.433 e. The lowest BCUT2D eigenvalue weighted by Crippen LogP contribution is -2.18. The molecule has 1 N–H and O–H groups in total. The van der Waals surface area contributed by atoms with Gasteiger partial charge in [0.25, 0.3) is 0 Å². The second kappa shape index (κ2) is 9.10. The number of nitrogens with one attached hydrogen (secondary N) is 1. The first kappa shape index (κ1) is 18.0. The van der Waals surface area contributed by atoms with Gasteiger partial charge in [0.05, 0.1) is 0 Å². The SMILES string of the molecule is CNC(=O)ON=C(CC(C)(C)C)SCCCc1cccs1. The van der Waals surface area contributed by atoms with Crippen LogP contribution in [0.25, 0.3) is 0 Å². The molecule has 0 aliphatic heterocycles. The van der Waals surface area contributed by atoms with Crippen LogP contribution in [-0.2, 0) is 11.3 Å². The van der Waals surface area contributed by atoms with E-state index in [0.29, 0.717) is 0 Å². The van der Waals surface area contributed by atoms with Crippen LogP contribution in [0, 0.1) is 5.41 Å². The number of hydrogen-bond acceptors (Lipinski definition) is 5. The predicted molar refractivity (Wildman–Crippen MR) is 92.1 cm³/mol. The number of carbonyl (C=O) groups is 1. The molecule has 4 nitrogen and oxygen atoms in total. The fraction of sp³-hybridized carbons (Fsp3) is 0.600. The Labute approximate surface area is 135 Å². The lowest BCUT2D eigenvalue weighted by Gasteiger charge is -2.18. The van der Waals surface area contributed by atoms with Crippen LogP contribution < -0.4 is 5.32 Å². The molecular formula is C15H24N2O2S2. The first-order valence-electron chi connectivity index (χ1n) is 7.01. The number of carbonyl (C=O) groups excluding carboxylic acids is 1. The molecule has 0 saturated heterocycles. The minimum atomic E-state index is -0.527. The molecule has 0 fully saturated rings. The summed E-state index contributed by atoms with van der Waals surface area (Å²) in [5.74, 6) is 0.976. The maximum atomic E-state index is 11.1.